The first-order valence-corrected chi connectivity index (χ1v) is 10.4. The molecule has 0 bridgehead atoms. The van der Waals surface area contributed by atoms with Gasteiger partial charge in [0.1, 0.15) is 16.2 Å². The maximum atomic E-state index is 13.6. The van der Waals surface area contributed by atoms with Crippen LogP contribution in [0, 0.1) is 12.7 Å². The van der Waals surface area contributed by atoms with Crippen molar-refractivity contribution in [1.29, 1.82) is 0 Å². The Morgan fingerprint density at radius 2 is 2.07 bits per heavy atom. The van der Waals surface area contributed by atoms with E-state index in [1.54, 1.807) is 18.5 Å². The van der Waals surface area contributed by atoms with Gasteiger partial charge >= 0.3 is 0 Å². The Morgan fingerprint density at radius 1 is 1.20 bits per heavy atom. The molecule has 0 saturated carbocycles. The number of carbonyl (C=O) groups excluding carboxylic acids is 1. The smallest absolute Gasteiger partial charge is 0.225 e. The number of nitrogens with one attached hydrogen (secondary N) is 1. The first kappa shape index (κ1) is 20.0. The molecule has 0 radical (unpaired) electrons. The van der Waals surface area contributed by atoms with Crippen LogP contribution in [0.5, 0.6) is 0 Å². The van der Waals surface area contributed by atoms with Crippen molar-refractivity contribution in [2.24, 2.45) is 0 Å². The van der Waals surface area contributed by atoms with Crippen LogP contribution in [0.15, 0.2) is 48.8 Å². The predicted octanol–water partition coefficient (Wildman–Crippen LogP) is 4.92. The summed E-state index contributed by atoms with van der Waals surface area (Å²) >= 11 is 1.41. The van der Waals surface area contributed by atoms with E-state index >= 15 is 0 Å². The summed E-state index contributed by atoms with van der Waals surface area (Å²) in [5.41, 5.74) is 2.61. The molecular formula is C22H20FN5OS. The molecule has 0 aliphatic carbocycles. The second-order valence-corrected chi connectivity index (χ2v) is 8.19. The molecular weight excluding hydrogens is 401 g/mol. The maximum Gasteiger partial charge on any atom is 0.225 e. The van der Waals surface area contributed by atoms with E-state index in [9.17, 15) is 9.18 Å². The number of hydrogen-bond donors (Lipinski definition) is 1. The lowest BCUT2D eigenvalue weighted by molar-refractivity contribution is 0.0980. The summed E-state index contributed by atoms with van der Waals surface area (Å²) in [4.78, 5) is 30.5. The molecule has 4 rings (SSSR count). The SMILES string of the molecule is Cc1nc2nc(N[C@@H](C)c3cccc(F)c3)nc(C(=O)CCc3cccnc3)c2s1. The number of benzene rings is 1. The van der Waals surface area contributed by atoms with Crippen LogP contribution in [0.3, 0.4) is 0 Å². The van der Waals surface area contributed by atoms with E-state index in [0.29, 0.717) is 34.8 Å². The Hall–Kier alpha value is -3.26. The quantitative estimate of drug-likeness (QED) is 0.427. The van der Waals surface area contributed by atoms with Gasteiger partial charge < -0.3 is 5.32 Å². The number of pyridine rings is 1. The monoisotopic (exact) mass is 421 g/mol. The Bertz CT molecular complexity index is 1190. The molecule has 0 saturated heterocycles. The van der Waals surface area contributed by atoms with Crippen molar-refractivity contribution in [2.75, 3.05) is 5.32 Å². The third-order valence-corrected chi connectivity index (χ3v) is 5.65. The fourth-order valence-electron chi connectivity index (χ4n) is 3.16. The number of anilines is 1. The summed E-state index contributed by atoms with van der Waals surface area (Å²) in [6.45, 7) is 3.76. The summed E-state index contributed by atoms with van der Waals surface area (Å²) in [5, 5.41) is 3.99. The lowest BCUT2D eigenvalue weighted by atomic mass is 10.1. The van der Waals surface area contributed by atoms with Crippen molar-refractivity contribution < 1.29 is 9.18 Å². The summed E-state index contributed by atoms with van der Waals surface area (Å²) in [5.74, 6) is -0.0791. The van der Waals surface area contributed by atoms with Gasteiger partial charge in [0.2, 0.25) is 5.95 Å². The zero-order valence-corrected chi connectivity index (χ0v) is 17.4. The lowest BCUT2D eigenvalue weighted by Crippen LogP contribution is -2.13. The van der Waals surface area contributed by atoms with Crippen molar-refractivity contribution in [3.05, 3.63) is 76.4 Å². The average Bonchev–Trinajstić information content (AvgIpc) is 3.12. The molecule has 0 fully saturated rings. The molecule has 0 amide bonds. The van der Waals surface area contributed by atoms with Crippen LogP contribution in [0.4, 0.5) is 10.3 Å². The molecule has 8 heteroatoms. The number of carbonyl (C=O) groups is 1. The van der Waals surface area contributed by atoms with E-state index in [1.807, 2.05) is 32.0 Å². The summed E-state index contributed by atoms with van der Waals surface area (Å²) in [6.07, 6.45) is 4.36. The minimum Gasteiger partial charge on any atom is -0.348 e. The highest BCUT2D eigenvalue weighted by Crippen LogP contribution is 2.27. The Balaban J connectivity index is 1.61. The van der Waals surface area contributed by atoms with Crippen LogP contribution in [0.25, 0.3) is 10.3 Å². The number of rotatable bonds is 7. The average molecular weight is 422 g/mol. The van der Waals surface area contributed by atoms with Gasteiger partial charge in [-0.05, 0) is 49.6 Å². The number of thiazole rings is 1. The Labute approximate surface area is 177 Å². The highest BCUT2D eigenvalue weighted by molar-refractivity contribution is 7.18. The largest absolute Gasteiger partial charge is 0.348 e. The van der Waals surface area contributed by atoms with Crippen molar-refractivity contribution in [3.63, 3.8) is 0 Å². The minimum absolute atomic E-state index is 0.0728. The molecule has 1 N–H and O–H groups in total. The number of Topliss-reactive ketones (excluding diaryl/α,β-unsaturated/α-hetero) is 1. The zero-order chi connectivity index (χ0) is 21.1. The second-order valence-electron chi connectivity index (χ2n) is 6.99. The van der Waals surface area contributed by atoms with Gasteiger partial charge in [0.15, 0.2) is 11.4 Å². The first-order chi connectivity index (χ1) is 14.5. The number of ketones is 1. The number of aromatic nitrogens is 4. The lowest BCUT2D eigenvalue weighted by Gasteiger charge is -2.15. The molecule has 6 nitrogen and oxygen atoms in total. The van der Waals surface area contributed by atoms with Gasteiger partial charge in [0.05, 0.1) is 11.0 Å². The molecule has 152 valence electrons. The molecule has 1 aromatic carbocycles. The van der Waals surface area contributed by atoms with E-state index in [2.05, 4.69) is 25.3 Å². The molecule has 30 heavy (non-hydrogen) atoms. The third-order valence-electron chi connectivity index (χ3n) is 4.68. The molecule has 0 aliphatic heterocycles. The Kier molecular flexibility index (Phi) is 5.76. The number of hydrogen-bond acceptors (Lipinski definition) is 7. The normalized spacial score (nSPS) is 12.1. The van der Waals surface area contributed by atoms with Gasteiger partial charge in [-0.15, -0.1) is 11.3 Å². The van der Waals surface area contributed by atoms with Gasteiger partial charge in [-0.2, -0.15) is 4.98 Å². The number of nitrogens with zero attached hydrogens (tertiary/aromatic N) is 4. The van der Waals surface area contributed by atoms with Crippen LogP contribution in [0.2, 0.25) is 0 Å². The zero-order valence-electron chi connectivity index (χ0n) is 16.6. The standard InChI is InChI=1S/C22H20FN5OS/c1-13(16-6-3-7-17(23)11-16)25-22-27-19(20-21(28-22)26-14(2)30-20)18(29)9-8-15-5-4-10-24-12-15/h3-7,10-13H,8-9H2,1-2H3,(H,25,27,28)/t13-/m0/s1. The van der Waals surface area contributed by atoms with Gasteiger partial charge in [-0.1, -0.05) is 18.2 Å². The fourth-order valence-corrected chi connectivity index (χ4v) is 4.02. The number of fused-ring (bicyclic) bond motifs is 1. The molecule has 3 aromatic heterocycles. The van der Waals surface area contributed by atoms with Crippen LogP contribution < -0.4 is 5.32 Å². The van der Waals surface area contributed by atoms with Gasteiger partial charge in [-0.3, -0.25) is 9.78 Å². The van der Waals surface area contributed by atoms with Crippen LogP contribution in [0.1, 0.15) is 46.0 Å². The molecule has 4 aromatic rings. The van der Waals surface area contributed by atoms with Crippen LogP contribution in [-0.2, 0) is 6.42 Å². The summed E-state index contributed by atoms with van der Waals surface area (Å²) in [7, 11) is 0. The molecule has 3 heterocycles. The van der Waals surface area contributed by atoms with Gasteiger partial charge in [-0.25, -0.2) is 14.4 Å². The molecule has 0 unspecified atom stereocenters. The van der Waals surface area contributed by atoms with Crippen molar-refractivity contribution in [3.8, 4) is 0 Å². The second kappa shape index (κ2) is 8.62. The van der Waals surface area contributed by atoms with Crippen LogP contribution >= 0.6 is 11.3 Å². The van der Waals surface area contributed by atoms with E-state index in [1.165, 1.54) is 23.5 Å². The van der Waals surface area contributed by atoms with Crippen molar-refractivity contribution in [2.45, 2.75) is 32.7 Å². The van der Waals surface area contributed by atoms with E-state index < -0.39 is 0 Å². The molecule has 0 spiro atoms. The third kappa shape index (κ3) is 4.49. The van der Waals surface area contributed by atoms with E-state index in [4.69, 9.17) is 0 Å². The van der Waals surface area contributed by atoms with Crippen molar-refractivity contribution in [1.82, 2.24) is 19.9 Å². The predicted molar refractivity (Wildman–Crippen MR) is 115 cm³/mol. The summed E-state index contributed by atoms with van der Waals surface area (Å²) < 4.78 is 14.2. The number of aryl methyl sites for hydroxylation is 2. The first-order valence-electron chi connectivity index (χ1n) is 9.59. The topological polar surface area (TPSA) is 80.7 Å². The highest BCUT2D eigenvalue weighted by Gasteiger charge is 2.19. The minimum atomic E-state index is -0.307. The summed E-state index contributed by atoms with van der Waals surface area (Å²) in [6, 6.07) is 9.90. The van der Waals surface area contributed by atoms with E-state index in [0.717, 1.165) is 16.1 Å². The van der Waals surface area contributed by atoms with Gasteiger partial charge in [0, 0.05) is 18.8 Å². The molecule has 1 atom stereocenters. The Morgan fingerprint density at radius 3 is 2.83 bits per heavy atom. The fraction of sp³-hybridized carbons (Fsp3) is 0.227. The van der Waals surface area contributed by atoms with Gasteiger partial charge in [0.25, 0.3) is 0 Å². The van der Waals surface area contributed by atoms with Crippen molar-refractivity contribution >= 4 is 33.4 Å². The highest BCUT2D eigenvalue weighted by atomic mass is 32.1. The maximum absolute atomic E-state index is 13.6. The van der Waals surface area contributed by atoms with Crippen LogP contribution in [-0.4, -0.2) is 25.7 Å². The van der Waals surface area contributed by atoms with E-state index in [-0.39, 0.29) is 17.6 Å². The number of halogens is 1. The molecule has 0 aliphatic rings.